The largest absolute Gasteiger partial charge is 0.390 e. The Labute approximate surface area is 164 Å². The molecule has 2 atom stereocenters. The Balaban J connectivity index is 1.34. The van der Waals surface area contributed by atoms with Gasteiger partial charge in [0.05, 0.1) is 19.3 Å². The third-order valence-corrected chi connectivity index (χ3v) is 7.29. The maximum atomic E-state index is 10.8. The van der Waals surface area contributed by atoms with Crippen molar-refractivity contribution in [3.05, 3.63) is 48.0 Å². The summed E-state index contributed by atoms with van der Waals surface area (Å²) in [4.78, 5) is 4.83. The van der Waals surface area contributed by atoms with E-state index in [4.69, 9.17) is 4.74 Å². The van der Waals surface area contributed by atoms with Gasteiger partial charge in [-0.3, -0.25) is 9.80 Å². The first-order valence-electron chi connectivity index (χ1n) is 9.91. The minimum atomic E-state index is -0.279. The molecule has 3 heterocycles. The van der Waals surface area contributed by atoms with Gasteiger partial charge in [0.2, 0.25) is 0 Å². The Kier molecular flexibility index (Phi) is 4.88. The average Bonchev–Trinajstić information content (AvgIpc) is 3.09. The number of morpholine rings is 1. The van der Waals surface area contributed by atoms with E-state index in [1.54, 1.807) is 0 Å². The summed E-state index contributed by atoms with van der Waals surface area (Å²) >= 11 is 1.89. The van der Waals surface area contributed by atoms with Crippen molar-refractivity contribution in [3.63, 3.8) is 0 Å². The summed E-state index contributed by atoms with van der Waals surface area (Å²) in [5.74, 6) is 0. The maximum absolute atomic E-state index is 10.8. The molecular weight excluding hydrogens is 356 g/mol. The quantitative estimate of drug-likeness (QED) is 0.754. The number of rotatable bonds is 3. The summed E-state index contributed by atoms with van der Waals surface area (Å²) in [6.45, 7) is 6.19. The van der Waals surface area contributed by atoms with Gasteiger partial charge in [-0.05, 0) is 18.1 Å². The van der Waals surface area contributed by atoms with Gasteiger partial charge in [-0.15, -0.1) is 11.3 Å². The summed E-state index contributed by atoms with van der Waals surface area (Å²) in [6, 6.07) is 15.6. The zero-order valence-electron chi connectivity index (χ0n) is 15.5. The number of β-amino-alcohol motifs (C(OH)–C–C–N with tert-alkyl or cyclic N) is 1. The van der Waals surface area contributed by atoms with Crippen molar-refractivity contribution in [1.82, 2.24) is 9.80 Å². The second-order valence-electron chi connectivity index (χ2n) is 7.70. The van der Waals surface area contributed by atoms with E-state index in [0.29, 0.717) is 0 Å². The normalized spacial score (nSPS) is 25.4. The number of hydrogen-bond donors (Lipinski definition) is 1. The molecule has 142 valence electrons. The van der Waals surface area contributed by atoms with Gasteiger partial charge >= 0.3 is 0 Å². The smallest absolute Gasteiger partial charge is 0.0822 e. The first-order chi connectivity index (χ1) is 13.3. The fourth-order valence-electron chi connectivity index (χ4n) is 4.63. The molecule has 5 heteroatoms. The van der Waals surface area contributed by atoms with E-state index >= 15 is 0 Å². The first-order valence-corrected chi connectivity index (χ1v) is 10.7. The van der Waals surface area contributed by atoms with Crippen molar-refractivity contribution < 1.29 is 9.84 Å². The van der Waals surface area contributed by atoms with Gasteiger partial charge in [-0.2, -0.15) is 0 Å². The van der Waals surface area contributed by atoms with Crippen LogP contribution in [-0.4, -0.2) is 66.4 Å². The number of piperidine rings is 1. The summed E-state index contributed by atoms with van der Waals surface area (Å²) in [5, 5.41) is 13.5. The van der Waals surface area contributed by atoms with Crippen LogP contribution < -0.4 is 0 Å². The topological polar surface area (TPSA) is 35.9 Å². The number of aliphatic hydroxyl groups is 1. The number of likely N-dealkylation sites (tertiary alicyclic amines) is 1. The molecule has 0 aliphatic carbocycles. The molecule has 2 fully saturated rings. The van der Waals surface area contributed by atoms with Crippen LogP contribution in [0.4, 0.5) is 0 Å². The average molecular weight is 383 g/mol. The molecule has 5 rings (SSSR count). The van der Waals surface area contributed by atoms with Crippen LogP contribution in [0.2, 0.25) is 0 Å². The van der Waals surface area contributed by atoms with Gasteiger partial charge < -0.3 is 9.84 Å². The number of fused-ring (bicyclic) bond motifs is 3. The van der Waals surface area contributed by atoms with Crippen LogP contribution in [0.25, 0.3) is 20.2 Å². The zero-order valence-corrected chi connectivity index (χ0v) is 16.3. The van der Waals surface area contributed by atoms with E-state index in [1.807, 2.05) is 11.3 Å². The minimum Gasteiger partial charge on any atom is -0.390 e. The number of nitrogens with zero attached hydrogens (tertiary/aromatic N) is 2. The van der Waals surface area contributed by atoms with E-state index in [9.17, 15) is 5.11 Å². The Morgan fingerprint density at radius 3 is 2.67 bits per heavy atom. The number of ether oxygens (including phenoxy) is 1. The van der Waals surface area contributed by atoms with Crippen molar-refractivity contribution in [2.45, 2.75) is 25.1 Å². The molecule has 0 amide bonds. The lowest BCUT2D eigenvalue weighted by atomic mass is 9.99. The van der Waals surface area contributed by atoms with Crippen LogP contribution in [0, 0.1) is 0 Å². The fraction of sp³-hybridized carbons (Fsp3) is 0.455. The van der Waals surface area contributed by atoms with Crippen molar-refractivity contribution in [1.29, 1.82) is 0 Å². The second-order valence-corrected chi connectivity index (χ2v) is 8.75. The number of benzene rings is 2. The van der Waals surface area contributed by atoms with E-state index in [1.165, 1.54) is 25.7 Å². The van der Waals surface area contributed by atoms with Crippen molar-refractivity contribution >= 4 is 31.5 Å². The SMILES string of the molecule is O[C@@H]1CN(Cc2cccc3c2sc2ccccc23)CC[C@H]1N1CCOCC1. The number of hydrogen-bond acceptors (Lipinski definition) is 5. The molecule has 27 heavy (non-hydrogen) atoms. The fourth-order valence-corrected chi connectivity index (χ4v) is 5.84. The Morgan fingerprint density at radius 2 is 1.81 bits per heavy atom. The van der Waals surface area contributed by atoms with Gasteiger partial charge in [0.25, 0.3) is 0 Å². The lowest BCUT2D eigenvalue weighted by molar-refractivity contribution is -0.0533. The monoisotopic (exact) mass is 382 g/mol. The van der Waals surface area contributed by atoms with E-state index in [2.05, 4.69) is 52.3 Å². The van der Waals surface area contributed by atoms with Crippen LogP contribution in [0.15, 0.2) is 42.5 Å². The minimum absolute atomic E-state index is 0.279. The lowest BCUT2D eigenvalue weighted by Crippen LogP contribution is -2.56. The van der Waals surface area contributed by atoms with Crippen LogP contribution >= 0.6 is 11.3 Å². The second kappa shape index (κ2) is 7.49. The Bertz CT molecular complexity index is 934. The van der Waals surface area contributed by atoms with Gasteiger partial charge in [0.1, 0.15) is 0 Å². The maximum Gasteiger partial charge on any atom is 0.0822 e. The van der Waals surface area contributed by atoms with Crippen LogP contribution in [0.5, 0.6) is 0 Å². The molecule has 0 radical (unpaired) electrons. The molecule has 0 bridgehead atoms. The highest BCUT2D eigenvalue weighted by molar-refractivity contribution is 7.26. The zero-order chi connectivity index (χ0) is 18.2. The number of thiophene rings is 1. The molecule has 2 aliphatic heterocycles. The van der Waals surface area contributed by atoms with Gasteiger partial charge in [-0.1, -0.05) is 36.4 Å². The first kappa shape index (κ1) is 17.6. The number of aliphatic hydroxyl groups excluding tert-OH is 1. The molecule has 2 aromatic carbocycles. The molecule has 0 spiro atoms. The van der Waals surface area contributed by atoms with E-state index < -0.39 is 0 Å². The van der Waals surface area contributed by atoms with Crippen LogP contribution in [-0.2, 0) is 11.3 Å². The van der Waals surface area contributed by atoms with Crippen LogP contribution in [0.3, 0.4) is 0 Å². The third kappa shape index (κ3) is 3.39. The predicted octanol–water partition coefficient (Wildman–Crippen LogP) is 3.32. The summed E-state index contributed by atoms with van der Waals surface area (Å²) < 4.78 is 8.20. The standard InChI is InChI=1S/C22H26N2O2S/c25-20-15-23(9-8-19(20)24-10-12-26-13-11-24)14-16-4-3-6-18-17-5-1-2-7-21(17)27-22(16)18/h1-7,19-20,25H,8-15H2/t19-,20-/m1/s1. The molecule has 3 aromatic rings. The van der Waals surface area contributed by atoms with Gasteiger partial charge in [0.15, 0.2) is 0 Å². The highest BCUT2D eigenvalue weighted by Crippen LogP contribution is 2.36. The third-order valence-electron chi connectivity index (χ3n) is 6.02. The lowest BCUT2D eigenvalue weighted by Gasteiger charge is -2.43. The highest BCUT2D eigenvalue weighted by Gasteiger charge is 2.32. The molecule has 0 saturated carbocycles. The van der Waals surface area contributed by atoms with Gasteiger partial charge in [-0.25, -0.2) is 0 Å². The molecular formula is C22H26N2O2S. The molecule has 4 nitrogen and oxygen atoms in total. The van der Waals surface area contributed by atoms with Crippen molar-refractivity contribution in [2.75, 3.05) is 39.4 Å². The summed E-state index contributed by atoms with van der Waals surface area (Å²) in [7, 11) is 0. The predicted molar refractivity (Wildman–Crippen MR) is 111 cm³/mol. The van der Waals surface area contributed by atoms with E-state index in [-0.39, 0.29) is 12.1 Å². The molecule has 1 N–H and O–H groups in total. The Morgan fingerprint density at radius 1 is 1.00 bits per heavy atom. The molecule has 2 aliphatic rings. The van der Waals surface area contributed by atoms with Crippen molar-refractivity contribution in [2.24, 2.45) is 0 Å². The highest BCUT2D eigenvalue weighted by atomic mass is 32.1. The van der Waals surface area contributed by atoms with Gasteiger partial charge in [0, 0.05) is 58.9 Å². The molecule has 1 aromatic heterocycles. The molecule has 0 unspecified atom stereocenters. The Hall–Kier alpha value is -1.50. The summed E-state index contributed by atoms with van der Waals surface area (Å²) in [5.41, 5.74) is 1.38. The van der Waals surface area contributed by atoms with E-state index in [0.717, 1.165) is 52.4 Å². The van der Waals surface area contributed by atoms with Crippen molar-refractivity contribution in [3.8, 4) is 0 Å². The summed E-state index contributed by atoms with van der Waals surface area (Å²) in [6.07, 6.45) is 0.752. The van der Waals surface area contributed by atoms with Crippen LogP contribution in [0.1, 0.15) is 12.0 Å². The molecule has 2 saturated heterocycles.